The van der Waals surface area contributed by atoms with Crippen molar-refractivity contribution in [2.45, 2.75) is 82.4 Å². The summed E-state index contributed by atoms with van der Waals surface area (Å²) < 4.78 is 46.7. The highest BCUT2D eigenvalue weighted by Crippen LogP contribution is 2.45. The summed E-state index contributed by atoms with van der Waals surface area (Å²) in [5.74, 6) is 0.943. The van der Waals surface area contributed by atoms with Crippen LogP contribution in [0.3, 0.4) is 0 Å². The molecule has 0 saturated heterocycles. The third-order valence-corrected chi connectivity index (χ3v) is 15.9. The molecule has 8 heteroatoms. The van der Waals surface area contributed by atoms with Crippen molar-refractivity contribution in [1.29, 1.82) is 0 Å². The maximum Gasteiger partial charge on any atom is 0.416 e. The van der Waals surface area contributed by atoms with Crippen LogP contribution in [0.4, 0.5) is 13.2 Å². The fourth-order valence-electron chi connectivity index (χ4n) is 5.04. The molecule has 1 atom stereocenters. The molecule has 5 rings (SSSR count). The Hall–Kier alpha value is -3.33. The number of rotatable bonds is 9. The first-order chi connectivity index (χ1) is 22.0. The molecule has 0 fully saturated rings. The summed E-state index contributed by atoms with van der Waals surface area (Å²) in [6.45, 7) is 17.5. The van der Waals surface area contributed by atoms with Crippen LogP contribution < -0.4 is 4.43 Å². The molecular formula is C39H42F3NOS2Si. The molecule has 0 aliphatic rings. The maximum atomic E-state index is 13.3. The van der Waals surface area contributed by atoms with Gasteiger partial charge < -0.3 is 4.43 Å². The lowest BCUT2D eigenvalue weighted by molar-refractivity contribution is -0.137. The van der Waals surface area contributed by atoms with Crippen LogP contribution in [0.15, 0.2) is 95.9 Å². The molecule has 0 aliphatic carbocycles. The first kappa shape index (κ1) is 35.0. The number of thioether (sulfide) groups is 1. The minimum atomic E-state index is -4.38. The monoisotopic (exact) mass is 689 g/mol. The van der Waals surface area contributed by atoms with Gasteiger partial charge in [0.15, 0.2) is 0 Å². The molecule has 2 nitrogen and oxygen atoms in total. The van der Waals surface area contributed by atoms with Gasteiger partial charge in [0, 0.05) is 20.6 Å². The van der Waals surface area contributed by atoms with Gasteiger partial charge in [-0.25, -0.2) is 4.98 Å². The molecule has 1 unspecified atom stereocenters. The first-order valence-corrected chi connectivity index (χ1v) is 20.4. The number of aryl methyl sites for hydroxylation is 3. The number of aromatic nitrogens is 1. The van der Waals surface area contributed by atoms with Gasteiger partial charge in [0.05, 0.1) is 11.3 Å². The van der Waals surface area contributed by atoms with E-state index in [1.165, 1.54) is 22.6 Å². The Morgan fingerprint density at radius 3 is 2.09 bits per heavy atom. The van der Waals surface area contributed by atoms with E-state index in [9.17, 15) is 13.2 Å². The fraction of sp³-hybridized carbons (Fsp3) is 0.308. The molecule has 1 aromatic heterocycles. The Bertz CT molecular complexity index is 1840. The van der Waals surface area contributed by atoms with Crippen molar-refractivity contribution in [3.63, 3.8) is 0 Å². The second-order valence-electron chi connectivity index (χ2n) is 13.7. The van der Waals surface area contributed by atoms with E-state index < -0.39 is 20.1 Å². The van der Waals surface area contributed by atoms with Crippen molar-refractivity contribution in [2.75, 3.05) is 0 Å². The highest BCUT2D eigenvalue weighted by Gasteiger charge is 2.39. The highest BCUT2D eigenvalue weighted by molar-refractivity contribution is 7.99. The first-order valence-electron chi connectivity index (χ1n) is 15.8. The zero-order chi connectivity index (χ0) is 34.1. The SMILES string of the molecule is Cc1ccc(-c2nc(C)c(C(Cc3ccc(-c4cccc(C(F)(F)F)c4)cc3)Sc3ccc(O[Si](C)(C)C(C)(C)C)c(C)c3)s2)cc1. The van der Waals surface area contributed by atoms with Crippen LogP contribution in [-0.2, 0) is 12.6 Å². The predicted octanol–water partition coefficient (Wildman–Crippen LogP) is 12.9. The Morgan fingerprint density at radius 1 is 0.809 bits per heavy atom. The Morgan fingerprint density at radius 2 is 1.47 bits per heavy atom. The highest BCUT2D eigenvalue weighted by atomic mass is 32.2. The smallest absolute Gasteiger partial charge is 0.416 e. The van der Waals surface area contributed by atoms with E-state index in [1.54, 1.807) is 17.4 Å². The lowest BCUT2D eigenvalue weighted by Gasteiger charge is -2.37. The molecule has 0 bridgehead atoms. The number of alkyl halides is 3. The second kappa shape index (κ2) is 13.6. The van der Waals surface area contributed by atoms with Crippen LogP contribution in [-0.4, -0.2) is 13.3 Å². The van der Waals surface area contributed by atoms with Crippen LogP contribution in [0.1, 0.15) is 58.8 Å². The van der Waals surface area contributed by atoms with Gasteiger partial charge in [-0.05, 0) is 97.9 Å². The third kappa shape index (κ3) is 8.40. The number of hydrogen-bond acceptors (Lipinski definition) is 4. The molecule has 47 heavy (non-hydrogen) atoms. The number of thiazole rings is 1. The summed E-state index contributed by atoms with van der Waals surface area (Å²) in [7, 11) is -1.98. The molecule has 0 radical (unpaired) electrons. The van der Waals surface area contributed by atoms with E-state index in [0.717, 1.165) is 56.1 Å². The standard InChI is InChI=1S/C39H42F3NOS2Si/c1-25-12-16-30(17-13-25)37-43-27(3)36(46-37)35(45-33-20-21-34(26(2)22-33)44-47(7,8)38(4,5)6)23-28-14-18-29(19-15-28)31-10-9-11-32(24-31)39(40,41)42/h9-22,24,35H,23H2,1-8H3. The largest absolute Gasteiger partial charge is 0.543 e. The normalized spacial score (nSPS) is 13.1. The molecule has 0 amide bonds. The van der Waals surface area contributed by atoms with Crippen molar-refractivity contribution in [2.24, 2.45) is 0 Å². The topological polar surface area (TPSA) is 22.1 Å². The van der Waals surface area contributed by atoms with E-state index in [4.69, 9.17) is 9.41 Å². The fourth-order valence-corrected chi connectivity index (χ4v) is 8.74. The van der Waals surface area contributed by atoms with Crippen LogP contribution >= 0.6 is 23.1 Å². The summed E-state index contributed by atoms with van der Waals surface area (Å²) in [5, 5.41) is 1.18. The van der Waals surface area contributed by atoms with Gasteiger partial charge in [0.25, 0.3) is 0 Å². The van der Waals surface area contributed by atoms with Crippen molar-refractivity contribution in [3.8, 4) is 27.4 Å². The molecular weight excluding hydrogens is 648 g/mol. The molecule has 5 aromatic rings. The molecule has 1 heterocycles. The zero-order valence-electron chi connectivity index (χ0n) is 28.3. The van der Waals surface area contributed by atoms with E-state index in [2.05, 4.69) is 97.1 Å². The number of halogens is 3. The van der Waals surface area contributed by atoms with Crippen molar-refractivity contribution < 1.29 is 17.6 Å². The van der Waals surface area contributed by atoms with E-state index in [-0.39, 0.29) is 10.3 Å². The Labute approximate surface area is 286 Å². The summed E-state index contributed by atoms with van der Waals surface area (Å²) >= 11 is 3.54. The van der Waals surface area contributed by atoms with Gasteiger partial charge in [-0.2, -0.15) is 13.2 Å². The lowest BCUT2D eigenvalue weighted by atomic mass is 10.00. The van der Waals surface area contributed by atoms with Gasteiger partial charge in [0.1, 0.15) is 10.8 Å². The predicted molar refractivity (Wildman–Crippen MR) is 195 cm³/mol. The van der Waals surface area contributed by atoms with Crippen LogP contribution in [0.2, 0.25) is 18.1 Å². The van der Waals surface area contributed by atoms with Gasteiger partial charge in [0.2, 0.25) is 8.32 Å². The van der Waals surface area contributed by atoms with E-state index >= 15 is 0 Å². The van der Waals surface area contributed by atoms with Crippen LogP contribution in [0.25, 0.3) is 21.7 Å². The van der Waals surface area contributed by atoms with Crippen LogP contribution in [0, 0.1) is 20.8 Å². The van der Waals surface area contributed by atoms with Crippen molar-refractivity contribution in [1.82, 2.24) is 4.98 Å². The maximum absolute atomic E-state index is 13.3. The van der Waals surface area contributed by atoms with Gasteiger partial charge in [-0.1, -0.05) is 87.0 Å². The molecule has 0 aliphatic heterocycles. The van der Waals surface area contributed by atoms with Crippen LogP contribution in [0.5, 0.6) is 5.75 Å². The minimum absolute atomic E-state index is 0.0812. The average molecular weight is 690 g/mol. The average Bonchev–Trinajstić information content (AvgIpc) is 3.39. The Kier molecular flexibility index (Phi) is 10.2. The van der Waals surface area contributed by atoms with Gasteiger partial charge >= 0.3 is 6.18 Å². The zero-order valence-corrected chi connectivity index (χ0v) is 30.9. The lowest BCUT2D eigenvalue weighted by Crippen LogP contribution is -2.44. The summed E-state index contributed by atoms with van der Waals surface area (Å²) in [6, 6.07) is 28.3. The van der Waals surface area contributed by atoms with E-state index in [1.807, 2.05) is 36.0 Å². The number of benzene rings is 4. The summed E-state index contributed by atoms with van der Waals surface area (Å²) in [4.78, 5) is 7.36. The number of nitrogens with zero attached hydrogens (tertiary/aromatic N) is 1. The van der Waals surface area contributed by atoms with Gasteiger partial charge in [-0.3, -0.25) is 0 Å². The molecule has 0 saturated carbocycles. The number of hydrogen-bond donors (Lipinski definition) is 0. The van der Waals surface area contributed by atoms with Crippen molar-refractivity contribution in [3.05, 3.63) is 124 Å². The minimum Gasteiger partial charge on any atom is -0.543 e. The molecule has 0 N–H and O–H groups in total. The Balaban J connectivity index is 1.45. The quantitative estimate of drug-likeness (QED) is 0.114. The third-order valence-electron chi connectivity index (χ3n) is 8.92. The summed E-state index contributed by atoms with van der Waals surface area (Å²) in [5.41, 5.74) is 6.21. The molecule has 246 valence electrons. The van der Waals surface area contributed by atoms with Gasteiger partial charge in [-0.15, -0.1) is 23.1 Å². The summed E-state index contributed by atoms with van der Waals surface area (Å²) in [6.07, 6.45) is -3.64. The molecule has 4 aromatic carbocycles. The second-order valence-corrected chi connectivity index (χ2v) is 20.7. The van der Waals surface area contributed by atoms with E-state index in [0.29, 0.717) is 5.56 Å². The van der Waals surface area contributed by atoms with Crippen molar-refractivity contribution >= 4 is 31.4 Å². The molecule has 0 spiro atoms.